The highest BCUT2D eigenvalue weighted by Crippen LogP contribution is 2.08. The Hall–Kier alpha value is -0.850. The largest absolute Gasteiger partial charge is 0.264 e. The van der Waals surface area contributed by atoms with E-state index >= 15 is 0 Å². The third kappa shape index (κ3) is 2.34. The van der Waals surface area contributed by atoms with Crippen molar-refractivity contribution in [3.63, 3.8) is 0 Å². The summed E-state index contributed by atoms with van der Waals surface area (Å²) in [6.45, 7) is 4.36. The Morgan fingerprint density at radius 2 is 2.27 bits per heavy atom. The molecule has 1 rings (SSSR count). The molecular formula is C10H15N. The van der Waals surface area contributed by atoms with E-state index in [1.165, 1.54) is 30.4 Å². The molecule has 0 atom stereocenters. The molecule has 60 valence electrons. The van der Waals surface area contributed by atoms with Gasteiger partial charge in [0.15, 0.2) is 0 Å². The van der Waals surface area contributed by atoms with Gasteiger partial charge in [-0.3, -0.25) is 4.98 Å². The van der Waals surface area contributed by atoms with Gasteiger partial charge in [0, 0.05) is 12.4 Å². The highest BCUT2D eigenvalue weighted by atomic mass is 14.6. The predicted octanol–water partition coefficient (Wildman–Crippen LogP) is 2.73. The molecule has 0 saturated carbocycles. The van der Waals surface area contributed by atoms with Gasteiger partial charge in [0.25, 0.3) is 0 Å². The molecule has 11 heavy (non-hydrogen) atoms. The third-order valence-electron chi connectivity index (χ3n) is 1.95. The first-order chi connectivity index (χ1) is 5.34. The molecular weight excluding hydrogens is 134 g/mol. The summed E-state index contributed by atoms with van der Waals surface area (Å²) < 4.78 is 0. The molecule has 0 N–H and O–H groups in total. The van der Waals surface area contributed by atoms with Crippen molar-refractivity contribution in [3.05, 3.63) is 29.6 Å². The average Bonchev–Trinajstić information content (AvgIpc) is 2.03. The van der Waals surface area contributed by atoms with E-state index in [0.29, 0.717) is 0 Å². The molecule has 1 nitrogen and oxygen atoms in total. The van der Waals surface area contributed by atoms with E-state index in [-0.39, 0.29) is 0 Å². The van der Waals surface area contributed by atoms with Crippen LogP contribution in [0.5, 0.6) is 0 Å². The van der Waals surface area contributed by atoms with Crippen LogP contribution in [0, 0.1) is 6.92 Å². The fraction of sp³-hybridized carbons (Fsp3) is 0.500. The molecule has 0 radical (unpaired) electrons. The lowest BCUT2D eigenvalue weighted by atomic mass is 10.1. The van der Waals surface area contributed by atoms with E-state index in [4.69, 9.17) is 0 Å². The second-order valence-corrected chi connectivity index (χ2v) is 2.91. The average molecular weight is 149 g/mol. The predicted molar refractivity (Wildman–Crippen MR) is 47.6 cm³/mol. The number of pyridine rings is 1. The van der Waals surface area contributed by atoms with Crippen molar-refractivity contribution < 1.29 is 0 Å². The van der Waals surface area contributed by atoms with Gasteiger partial charge in [-0.25, -0.2) is 0 Å². The molecule has 0 amide bonds. The molecule has 1 aromatic rings. The van der Waals surface area contributed by atoms with Crippen LogP contribution in [0.3, 0.4) is 0 Å². The minimum absolute atomic E-state index is 1.18. The Labute approximate surface area is 68.5 Å². The fourth-order valence-corrected chi connectivity index (χ4v) is 1.13. The molecule has 1 heterocycles. The number of aromatic nitrogens is 1. The Morgan fingerprint density at radius 3 is 2.91 bits per heavy atom. The number of rotatable bonds is 3. The highest BCUT2D eigenvalue weighted by Gasteiger charge is 1.95. The monoisotopic (exact) mass is 149 g/mol. The molecule has 0 fully saturated rings. The molecule has 0 aliphatic rings. The molecule has 1 heteroatoms. The van der Waals surface area contributed by atoms with Gasteiger partial charge in [0.1, 0.15) is 0 Å². The maximum Gasteiger partial charge on any atom is 0.0302 e. The second-order valence-electron chi connectivity index (χ2n) is 2.91. The van der Waals surface area contributed by atoms with Crippen LogP contribution in [0.15, 0.2) is 18.5 Å². The number of hydrogen-bond donors (Lipinski definition) is 0. The molecule has 0 bridgehead atoms. The molecule has 0 aromatic carbocycles. The first kappa shape index (κ1) is 8.25. The van der Waals surface area contributed by atoms with Crippen LogP contribution in [0.1, 0.15) is 30.9 Å². The van der Waals surface area contributed by atoms with Crippen molar-refractivity contribution in [1.82, 2.24) is 4.98 Å². The van der Waals surface area contributed by atoms with Crippen LogP contribution >= 0.6 is 0 Å². The SMILES string of the molecule is CCCCc1cnccc1C. The lowest BCUT2D eigenvalue weighted by molar-refractivity contribution is 0.788. The Bertz CT molecular complexity index is 218. The molecule has 0 saturated heterocycles. The molecule has 0 unspecified atom stereocenters. The fourth-order valence-electron chi connectivity index (χ4n) is 1.13. The molecule has 1 aromatic heterocycles. The smallest absolute Gasteiger partial charge is 0.0302 e. The van der Waals surface area contributed by atoms with Crippen LogP contribution in [0.2, 0.25) is 0 Å². The van der Waals surface area contributed by atoms with E-state index in [0.717, 1.165) is 0 Å². The van der Waals surface area contributed by atoms with Crippen LogP contribution in [-0.2, 0) is 6.42 Å². The van der Waals surface area contributed by atoms with Crippen molar-refractivity contribution in [2.24, 2.45) is 0 Å². The summed E-state index contributed by atoms with van der Waals surface area (Å²) in [5.41, 5.74) is 2.77. The Morgan fingerprint density at radius 1 is 1.45 bits per heavy atom. The summed E-state index contributed by atoms with van der Waals surface area (Å²) in [5, 5.41) is 0. The van der Waals surface area contributed by atoms with E-state index in [1.807, 2.05) is 12.4 Å². The number of nitrogens with zero attached hydrogens (tertiary/aromatic N) is 1. The molecule has 0 spiro atoms. The van der Waals surface area contributed by atoms with Gasteiger partial charge in [-0.2, -0.15) is 0 Å². The topological polar surface area (TPSA) is 12.9 Å². The standard InChI is InChI=1S/C10H15N/c1-3-4-5-10-8-11-7-6-9(10)2/h6-8H,3-5H2,1-2H3. The summed E-state index contributed by atoms with van der Waals surface area (Å²) in [6.07, 6.45) is 7.53. The number of aryl methyl sites for hydroxylation is 2. The van der Waals surface area contributed by atoms with Gasteiger partial charge >= 0.3 is 0 Å². The van der Waals surface area contributed by atoms with E-state index in [1.54, 1.807) is 0 Å². The van der Waals surface area contributed by atoms with E-state index in [2.05, 4.69) is 24.9 Å². The van der Waals surface area contributed by atoms with Gasteiger partial charge in [-0.05, 0) is 37.0 Å². The first-order valence-electron chi connectivity index (χ1n) is 4.24. The molecule has 0 aliphatic heterocycles. The summed E-state index contributed by atoms with van der Waals surface area (Å²) >= 11 is 0. The summed E-state index contributed by atoms with van der Waals surface area (Å²) in [4.78, 5) is 4.10. The van der Waals surface area contributed by atoms with Crippen molar-refractivity contribution >= 4 is 0 Å². The maximum absolute atomic E-state index is 4.10. The van der Waals surface area contributed by atoms with Gasteiger partial charge in [-0.15, -0.1) is 0 Å². The first-order valence-corrected chi connectivity index (χ1v) is 4.24. The van der Waals surface area contributed by atoms with Crippen molar-refractivity contribution in [3.8, 4) is 0 Å². The molecule has 0 aliphatic carbocycles. The van der Waals surface area contributed by atoms with Crippen LogP contribution in [0.25, 0.3) is 0 Å². The Kier molecular flexibility index (Phi) is 3.09. The van der Waals surface area contributed by atoms with Gasteiger partial charge in [-0.1, -0.05) is 13.3 Å². The van der Waals surface area contributed by atoms with E-state index < -0.39 is 0 Å². The summed E-state index contributed by atoms with van der Waals surface area (Å²) in [6, 6.07) is 2.07. The van der Waals surface area contributed by atoms with Gasteiger partial charge in [0.2, 0.25) is 0 Å². The van der Waals surface area contributed by atoms with Gasteiger partial charge in [0.05, 0.1) is 0 Å². The number of hydrogen-bond acceptors (Lipinski definition) is 1. The summed E-state index contributed by atoms with van der Waals surface area (Å²) in [5.74, 6) is 0. The zero-order chi connectivity index (χ0) is 8.10. The lowest BCUT2D eigenvalue weighted by Crippen LogP contribution is -1.89. The minimum atomic E-state index is 1.18. The van der Waals surface area contributed by atoms with Crippen molar-refractivity contribution in [2.75, 3.05) is 0 Å². The zero-order valence-corrected chi connectivity index (χ0v) is 7.30. The van der Waals surface area contributed by atoms with Crippen LogP contribution < -0.4 is 0 Å². The van der Waals surface area contributed by atoms with E-state index in [9.17, 15) is 0 Å². The normalized spacial score (nSPS) is 10.0. The third-order valence-corrected chi connectivity index (χ3v) is 1.95. The minimum Gasteiger partial charge on any atom is -0.264 e. The quantitative estimate of drug-likeness (QED) is 0.644. The van der Waals surface area contributed by atoms with Crippen molar-refractivity contribution in [1.29, 1.82) is 0 Å². The van der Waals surface area contributed by atoms with Crippen molar-refractivity contribution in [2.45, 2.75) is 33.1 Å². The second kappa shape index (κ2) is 4.12. The van der Waals surface area contributed by atoms with Gasteiger partial charge < -0.3 is 0 Å². The zero-order valence-electron chi connectivity index (χ0n) is 7.30. The summed E-state index contributed by atoms with van der Waals surface area (Å²) in [7, 11) is 0. The maximum atomic E-state index is 4.10. The lowest BCUT2D eigenvalue weighted by Gasteiger charge is -2.01. The highest BCUT2D eigenvalue weighted by molar-refractivity contribution is 5.21. The Balaban J connectivity index is 2.62. The van der Waals surface area contributed by atoms with Crippen LogP contribution in [0.4, 0.5) is 0 Å². The van der Waals surface area contributed by atoms with Crippen LogP contribution in [-0.4, -0.2) is 4.98 Å². The number of unbranched alkanes of at least 4 members (excludes halogenated alkanes) is 1.